The van der Waals surface area contributed by atoms with Crippen LogP contribution in [0.4, 0.5) is 4.39 Å². The number of rotatable bonds is 4. The van der Waals surface area contributed by atoms with Crippen LogP contribution in [0.1, 0.15) is 76.7 Å². The first-order valence-corrected chi connectivity index (χ1v) is 11.6. The molecule has 1 aliphatic carbocycles. The van der Waals surface area contributed by atoms with Crippen molar-refractivity contribution in [1.82, 2.24) is 9.55 Å². The van der Waals surface area contributed by atoms with Crippen LogP contribution in [0.15, 0.2) is 21.3 Å². The fourth-order valence-electron chi connectivity index (χ4n) is 3.80. The first-order chi connectivity index (χ1) is 14.2. The third-order valence-corrected chi connectivity index (χ3v) is 7.12. The summed E-state index contributed by atoms with van der Waals surface area (Å²) in [6.07, 6.45) is 3.50. The van der Waals surface area contributed by atoms with Crippen LogP contribution in [-0.4, -0.2) is 37.8 Å². The molecule has 0 bridgehead atoms. The van der Waals surface area contributed by atoms with Crippen LogP contribution >= 0.6 is 0 Å². The fraction of sp³-hybridized carbons (Fsp3) is 0.591. The Morgan fingerprint density at radius 1 is 1.27 bits per heavy atom. The van der Waals surface area contributed by atoms with Crippen molar-refractivity contribution in [3.05, 3.63) is 39.7 Å². The second-order valence-corrected chi connectivity index (χ2v) is 11.1. The number of fused-ring (bicyclic) bond motifs is 1. The van der Waals surface area contributed by atoms with Gasteiger partial charge in [0.05, 0.1) is 16.6 Å². The summed E-state index contributed by atoms with van der Waals surface area (Å²) in [5, 5.41) is 0.254. The molecule has 2 aromatic rings. The van der Waals surface area contributed by atoms with Gasteiger partial charge in [0, 0.05) is 30.7 Å². The minimum absolute atomic E-state index is 0.135. The van der Waals surface area contributed by atoms with Crippen LogP contribution in [0.2, 0.25) is 0 Å². The molecule has 2 fully saturated rings. The molecule has 4 rings (SSSR count). The van der Waals surface area contributed by atoms with Crippen molar-refractivity contribution >= 4 is 28.0 Å². The lowest BCUT2D eigenvalue weighted by atomic mass is 9.98. The summed E-state index contributed by atoms with van der Waals surface area (Å²) in [4.78, 5) is 18.3. The van der Waals surface area contributed by atoms with Crippen molar-refractivity contribution in [2.75, 3.05) is 13.2 Å². The minimum Gasteiger partial charge on any atom is -0.591 e. The predicted molar refractivity (Wildman–Crippen MR) is 117 cm³/mol. The lowest BCUT2D eigenvalue weighted by Crippen LogP contribution is -2.29. The highest BCUT2D eigenvalue weighted by molar-refractivity contribution is 7.91. The largest absolute Gasteiger partial charge is 0.591 e. The molecular weight excluding hydrogens is 405 g/mol. The van der Waals surface area contributed by atoms with Crippen molar-refractivity contribution in [3.63, 3.8) is 0 Å². The highest BCUT2D eigenvalue weighted by Crippen LogP contribution is 2.38. The highest BCUT2D eigenvalue weighted by Gasteiger charge is 2.33. The summed E-state index contributed by atoms with van der Waals surface area (Å²) >= 11 is -1.50. The van der Waals surface area contributed by atoms with Crippen molar-refractivity contribution < 1.29 is 13.7 Å². The van der Waals surface area contributed by atoms with E-state index in [1.165, 1.54) is 12.1 Å². The Labute approximate surface area is 178 Å². The van der Waals surface area contributed by atoms with Crippen molar-refractivity contribution in [2.45, 2.75) is 70.1 Å². The van der Waals surface area contributed by atoms with Crippen molar-refractivity contribution in [2.24, 2.45) is 4.40 Å². The van der Waals surface area contributed by atoms with Gasteiger partial charge < -0.3 is 9.29 Å². The molecule has 30 heavy (non-hydrogen) atoms. The zero-order valence-corrected chi connectivity index (χ0v) is 18.7. The van der Waals surface area contributed by atoms with Gasteiger partial charge in [0.25, 0.3) is 5.56 Å². The van der Waals surface area contributed by atoms with E-state index in [2.05, 4.69) is 4.40 Å². The third-order valence-electron chi connectivity index (χ3n) is 5.63. The number of hydrogen-bond acceptors (Lipinski definition) is 5. The summed E-state index contributed by atoms with van der Waals surface area (Å²) in [6, 6.07) is 2.74. The summed E-state index contributed by atoms with van der Waals surface area (Å²) in [5.74, 6) is 0.375. The first-order valence-electron chi connectivity index (χ1n) is 10.5. The van der Waals surface area contributed by atoms with Gasteiger partial charge in [-0.1, -0.05) is 4.40 Å². The number of nitrogens with zero attached hydrogens (tertiary/aromatic N) is 3. The molecule has 2 aliphatic rings. The first kappa shape index (κ1) is 21.5. The molecule has 1 aromatic carbocycles. The van der Waals surface area contributed by atoms with E-state index in [0.717, 1.165) is 31.5 Å². The topological polar surface area (TPSA) is 79.5 Å². The lowest BCUT2D eigenvalue weighted by molar-refractivity contribution is 0.0825. The molecule has 1 saturated carbocycles. The minimum atomic E-state index is -1.50. The number of ether oxygens (including phenoxy) is 1. The Balaban J connectivity index is 1.93. The van der Waals surface area contributed by atoms with Gasteiger partial charge in [-0.3, -0.25) is 9.36 Å². The Kier molecular flexibility index (Phi) is 5.76. The maximum atomic E-state index is 14.5. The molecule has 0 unspecified atom stereocenters. The summed E-state index contributed by atoms with van der Waals surface area (Å²) in [5.41, 5.74) is 1.08. The molecule has 0 N–H and O–H groups in total. The number of aromatic nitrogens is 2. The van der Waals surface area contributed by atoms with Crippen LogP contribution in [0.3, 0.4) is 0 Å². The average molecular weight is 434 g/mol. The molecule has 0 radical (unpaired) electrons. The van der Waals surface area contributed by atoms with Crippen LogP contribution < -0.4 is 5.56 Å². The van der Waals surface area contributed by atoms with Gasteiger partial charge in [0.2, 0.25) is 0 Å². The molecule has 0 spiro atoms. The molecule has 1 saturated heterocycles. The molecule has 162 valence electrons. The quantitative estimate of drug-likeness (QED) is 0.538. The highest BCUT2D eigenvalue weighted by atomic mass is 32.2. The molecule has 2 heterocycles. The normalized spacial score (nSPS) is 20.0. The van der Waals surface area contributed by atoms with Crippen LogP contribution in [-0.2, 0) is 16.1 Å². The molecular formula is C22H28FN3O3S. The van der Waals surface area contributed by atoms with Gasteiger partial charge in [0.1, 0.15) is 27.8 Å². The monoisotopic (exact) mass is 433 g/mol. The zero-order chi connectivity index (χ0) is 21.6. The molecule has 1 aromatic heterocycles. The smallest absolute Gasteiger partial charge is 0.261 e. The van der Waals surface area contributed by atoms with Gasteiger partial charge in [-0.05, 0) is 65.5 Å². The molecule has 1 atom stereocenters. The van der Waals surface area contributed by atoms with E-state index in [0.29, 0.717) is 30.0 Å². The fourth-order valence-corrected chi connectivity index (χ4v) is 4.42. The Bertz CT molecular complexity index is 1050. The van der Waals surface area contributed by atoms with Gasteiger partial charge in [0.15, 0.2) is 0 Å². The second-order valence-electron chi connectivity index (χ2n) is 9.15. The van der Waals surface area contributed by atoms with Crippen LogP contribution in [0, 0.1) is 5.82 Å². The molecule has 6 nitrogen and oxygen atoms in total. The number of benzene rings is 1. The van der Waals surface area contributed by atoms with Crippen LogP contribution in [0.5, 0.6) is 0 Å². The van der Waals surface area contributed by atoms with Crippen molar-refractivity contribution in [3.8, 4) is 0 Å². The Morgan fingerprint density at radius 2 is 1.93 bits per heavy atom. The maximum Gasteiger partial charge on any atom is 0.261 e. The summed E-state index contributed by atoms with van der Waals surface area (Å²) in [6.45, 7) is 8.48. The van der Waals surface area contributed by atoms with E-state index >= 15 is 0 Å². The Morgan fingerprint density at radius 3 is 2.53 bits per heavy atom. The average Bonchev–Trinajstić information content (AvgIpc) is 3.52. The second kappa shape index (κ2) is 8.05. The van der Waals surface area contributed by atoms with Crippen LogP contribution in [0.25, 0.3) is 10.9 Å². The SMILES string of the molecule is C/C(=N\[S@+]([O-])C(C)(C)C)c1cc(F)cc2c(=O)n(C3CC3)c(C3CCOCC3)nc12. The van der Waals surface area contributed by atoms with E-state index in [9.17, 15) is 13.7 Å². The number of halogens is 1. The standard InChI is InChI=1S/C22H28FN3O3S/c1-13(25-30(28)22(2,3)4)17-11-15(23)12-18-19(17)24-20(14-7-9-29-10-8-14)26(21(18)27)16-5-6-16/h11-12,14,16H,5-10H2,1-4H3/b25-13+/t30-/m1/s1. The number of hydrogen-bond donors (Lipinski definition) is 0. The summed E-state index contributed by atoms with van der Waals surface area (Å²) < 4.78 is 38.1. The van der Waals surface area contributed by atoms with Gasteiger partial charge in [-0.25, -0.2) is 9.37 Å². The van der Waals surface area contributed by atoms with E-state index in [1.54, 1.807) is 11.5 Å². The maximum absolute atomic E-state index is 14.5. The zero-order valence-electron chi connectivity index (χ0n) is 17.9. The molecule has 8 heteroatoms. The van der Waals surface area contributed by atoms with E-state index < -0.39 is 21.9 Å². The summed E-state index contributed by atoms with van der Waals surface area (Å²) in [7, 11) is 0. The van der Waals surface area contributed by atoms with E-state index in [-0.39, 0.29) is 22.9 Å². The van der Waals surface area contributed by atoms with Crippen molar-refractivity contribution in [1.29, 1.82) is 0 Å². The predicted octanol–water partition coefficient (Wildman–Crippen LogP) is 4.04. The van der Waals surface area contributed by atoms with Gasteiger partial charge in [-0.2, -0.15) is 0 Å². The lowest BCUT2D eigenvalue weighted by Gasteiger charge is -2.25. The van der Waals surface area contributed by atoms with E-state index in [1.807, 2.05) is 20.8 Å². The molecule has 0 amide bonds. The van der Waals surface area contributed by atoms with Gasteiger partial charge in [-0.15, -0.1) is 0 Å². The van der Waals surface area contributed by atoms with Gasteiger partial charge >= 0.3 is 0 Å². The third kappa shape index (κ3) is 4.18. The van der Waals surface area contributed by atoms with E-state index in [4.69, 9.17) is 9.72 Å². The Hall–Kier alpha value is -1.77. The molecule has 1 aliphatic heterocycles.